The van der Waals surface area contributed by atoms with E-state index in [0.717, 1.165) is 5.56 Å². The Balaban J connectivity index is 2.04. The van der Waals surface area contributed by atoms with Crippen molar-refractivity contribution in [2.75, 3.05) is 4.72 Å². The Hall–Kier alpha value is -2.00. The Morgan fingerprint density at radius 2 is 2.10 bits per heavy atom. The zero-order valence-corrected chi connectivity index (χ0v) is 13.3. The van der Waals surface area contributed by atoms with Crippen LogP contribution in [0.25, 0.3) is 5.78 Å². The average Bonchev–Trinajstić information content (AvgIpc) is 2.88. The lowest BCUT2D eigenvalue weighted by Gasteiger charge is -2.09. The molecule has 0 aliphatic heterocycles. The van der Waals surface area contributed by atoms with Gasteiger partial charge in [-0.05, 0) is 40.5 Å². The highest BCUT2D eigenvalue weighted by Crippen LogP contribution is 2.27. The first-order chi connectivity index (χ1) is 9.97. The molecule has 9 heteroatoms. The van der Waals surface area contributed by atoms with E-state index in [9.17, 15) is 8.42 Å². The van der Waals surface area contributed by atoms with Crippen LogP contribution in [0.1, 0.15) is 5.56 Å². The Labute approximate surface area is 129 Å². The van der Waals surface area contributed by atoms with Crippen molar-refractivity contribution in [1.82, 2.24) is 19.6 Å². The number of aromatic nitrogens is 4. The lowest BCUT2D eigenvalue weighted by Crippen LogP contribution is -2.16. The van der Waals surface area contributed by atoms with E-state index >= 15 is 0 Å². The molecule has 0 aliphatic rings. The van der Waals surface area contributed by atoms with Gasteiger partial charge in [0.15, 0.2) is 0 Å². The minimum absolute atomic E-state index is 0.224. The minimum Gasteiger partial charge on any atom is -0.276 e. The van der Waals surface area contributed by atoms with E-state index in [-0.39, 0.29) is 10.9 Å². The number of rotatable bonds is 3. The second-order valence-electron chi connectivity index (χ2n) is 4.30. The highest BCUT2D eigenvalue weighted by Gasteiger charge is 2.22. The monoisotopic (exact) mass is 367 g/mol. The lowest BCUT2D eigenvalue weighted by molar-refractivity contribution is 0.592. The predicted molar refractivity (Wildman–Crippen MR) is 80.5 cm³/mol. The molecule has 21 heavy (non-hydrogen) atoms. The third-order valence-corrected chi connectivity index (χ3v) is 4.58. The quantitative estimate of drug-likeness (QED) is 0.764. The van der Waals surface area contributed by atoms with E-state index in [1.54, 1.807) is 31.3 Å². The zero-order chi connectivity index (χ0) is 15.0. The first-order valence-corrected chi connectivity index (χ1v) is 8.20. The number of sulfonamides is 1. The molecule has 0 aliphatic carbocycles. The number of benzene rings is 1. The standard InChI is InChI=1S/C12H10BrN5O2S/c1-8-4-2-5-9(13)10(8)17-21(19,20)12-15-11-14-6-3-7-18(11)16-12/h2-7,17H,1H3. The van der Waals surface area contributed by atoms with Crippen molar-refractivity contribution in [1.29, 1.82) is 0 Å². The number of para-hydroxylation sites is 1. The molecule has 1 N–H and O–H groups in total. The van der Waals surface area contributed by atoms with Gasteiger partial charge in [0.25, 0.3) is 21.0 Å². The number of nitrogens with one attached hydrogen (secondary N) is 1. The van der Waals surface area contributed by atoms with E-state index < -0.39 is 10.0 Å². The van der Waals surface area contributed by atoms with Crippen LogP contribution in [0.15, 0.2) is 46.3 Å². The van der Waals surface area contributed by atoms with Crippen LogP contribution in [0.3, 0.4) is 0 Å². The third kappa shape index (κ3) is 2.61. The van der Waals surface area contributed by atoms with Crippen molar-refractivity contribution >= 4 is 37.4 Å². The maximum Gasteiger partial charge on any atom is 0.299 e. The van der Waals surface area contributed by atoms with Crippen LogP contribution in [-0.4, -0.2) is 28.0 Å². The molecule has 0 unspecified atom stereocenters. The summed E-state index contributed by atoms with van der Waals surface area (Å²) in [4.78, 5) is 7.86. The first-order valence-electron chi connectivity index (χ1n) is 5.93. The van der Waals surface area contributed by atoms with Crippen LogP contribution in [0.2, 0.25) is 0 Å². The molecule has 0 radical (unpaired) electrons. The molecule has 0 spiro atoms. The van der Waals surface area contributed by atoms with Crippen molar-refractivity contribution in [2.24, 2.45) is 0 Å². The topological polar surface area (TPSA) is 89.2 Å². The van der Waals surface area contributed by atoms with E-state index in [1.807, 2.05) is 6.07 Å². The van der Waals surface area contributed by atoms with E-state index in [0.29, 0.717) is 10.2 Å². The van der Waals surface area contributed by atoms with Gasteiger partial charge in [0, 0.05) is 16.9 Å². The Morgan fingerprint density at radius 3 is 2.81 bits per heavy atom. The number of aryl methyl sites for hydroxylation is 1. The van der Waals surface area contributed by atoms with Crippen molar-refractivity contribution in [2.45, 2.75) is 12.1 Å². The molecule has 2 aromatic heterocycles. The number of anilines is 1. The maximum atomic E-state index is 12.4. The van der Waals surface area contributed by atoms with Crippen LogP contribution >= 0.6 is 15.9 Å². The lowest BCUT2D eigenvalue weighted by atomic mass is 10.2. The molecule has 0 saturated carbocycles. The zero-order valence-electron chi connectivity index (χ0n) is 10.9. The van der Waals surface area contributed by atoms with Gasteiger partial charge in [0.05, 0.1) is 5.69 Å². The molecule has 0 amide bonds. The normalized spacial score (nSPS) is 11.7. The summed E-state index contributed by atoms with van der Waals surface area (Å²) in [6, 6.07) is 7.03. The maximum absolute atomic E-state index is 12.4. The second kappa shape index (κ2) is 5.08. The van der Waals surface area contributed by atoms with Gasteiger partial charge < -0.3 is 0 Å². The highest BCUT2D eigenvalue weighted by molar-refractivity contribution is 9.10. The molecule has 3 aromatic rings. The van der Waals surface area contributed by atoms with Crippen molar-refractivity contribution in [3.05, 3.63) is 46.7 Å². The van der Waals surface area contributed by atoms with E-state index in [1.165, 1.54) is 10.7 Å². The minimum atomic E-state index is -3.88. The summed E-state index contributed by atoms with van der Waals surface area (Å²) in [5.74, 6) is 0.224. The predicted octanol–water partition coefficient (Wildman–Crippen LogP) is 2.00. The molecule has 108 valence electrons. The Morgan fingerprint density at radius 1 is 1.29 bits per heavy atom. The molecule has 0 saturated heterocycles. The summed E-state index contributed by atoms with van der Waals surface area (Å²) in [7, 11) is -3.88. The van der Waals surface area contributed by atoms with Gasteiger partial charge in [-0.25, -0.2) is 9.50 Å². The van der Waals surface area contributed by atoms with Gasteiger partial charge in [-0.2, -0.15) is 13.4 Å². The molecule has 0 atom stereocenters. The fraction of sp³-hybridized carbons (Fsp3) is 0.0833. The molecule has 0 fully saturated rings. The number of nitrogens with zero attached hydrogens (tertiary/aromatic N) is 4. The highest BCUT2D eigenvalue weighted by atomic mass is 79.9. The van der Waals surface area contributed by atoms with Crippen molar-refractivity contribution in [3.63, 3.8) is 0 Å². The Bertz CT molecular complexity index is 869. The van der Waals surface area contributed by atoms with E-state index in [2.05, 4.69) is 35.7 Å². The summed E-state index contributed by atoms with van der Waals surface area (Å²) in [5.41, 5.74) is 1.25. The molecule has 1 aromatic carbocycles. The number of hydrogen-bond acceptors (Lipinski definition) is 5. The summed E-state index contributed by atoms with van der Waals surface area (Å²) >= 11 is 3.32. The van der Waals surface area contributed by atoms with Crippen molar-refractivity contribution < 1.29 is 8.42 Å². The van der Waals surface area contributed by atoms with Gasteiger partial charge in [-0.15, -0.1) is 5.10 Å². The second-order valence-corrected chi connectivity index (χ2v) is 6.73. The van der Waals surface area contributed by atoms with Gasteiger partial charge in [-0.1, -0.05) is 12.1 Å². The van der Waals surface area contributed by atoms with Gasteiger partial charge in [0.1, 0.15) is 0 Å². The number of halogens is 1. The van der Waals surface area contributed by atoms with Gasteiger partial charge in [0.2, 0.25) is 0 Å². The fourth-order valence-corrected chi connectivity index (χ4v) is 3.49. The van der Waals surface area contributed by atoms with Crippen molar-refractivity contribution in [3.8, 4) is 0 Å². The van der Waals surface area contributed by atoms with Gasteiger partial charge >= 0.3 is 0 Å². The Kier molecular flexibility index (Phi) is 3.38. The largest absolute Gasteiger partial charge is 0.299 e. The average molecular weight is 368 g/mol. The SMILES string of the molecule is Cc1cccc(Br)c1NS(=O)(=O)c1nc2ncccn2n1. The molecule has 0 bridgehead atoms. The smallest absolute Gasteiger partial charge is 0.276 e. The molecule has 7 nitrogen and oxygen atoms in total. The van der Waals surface area contributed by atoms with Crippen LogP contribution in [-0.2, 0) is 10.0 Å². The summed E-state index contributed by atoms with van der Waals surface area (Å²) in [5, 5.41) is 3.59. The van der Waals surface area contributed by atoms with Crippen LogP contribution < -0.4 is 4.72 Å². The molecular weight excluding hydrogens is 358 g/mol. The van der Waals surface area contributed by atoms with Crippen LogP contribution in [0.5, 0.6) is 0 Å². The molecular formula is C12H10BrN5O2S. The van der Waals surface area contributed by atoms with Crippen LogP contribution in [0.4, 0.5) is 5.69 Å². The molecule has 3 rings (SSSR count). The van der Waals surface area contributed by atoms with E-state index in [4.69, 9.17) is 0 Å². The number of hydrogen-bond donors (Lipinski definition) is 1. The summed E-state index contributed by atoms with van der Waals surface area (Å²) in [6.45, 7) is 1.81. The third-order valence-electron chi connectivity index (χ3n) is 2.80. The van der Waals surface area contributed by atoms with Crippen LogP contribution in [0, 0.1) is 6.92 Å². The number of fused-ring (bicyclic) bond motifs is 1. The van der Waals surface area contributed by atoms with Gasteiger partial charge in [-0.3, -0.25) is 4.72 Å². The molecule has 2 heterocycles. The fourth-order valence-electron chi connectivity index (χ4n) is 1.77. The first kappa shape index (κ1) is 14.0. The summed E-state index contributed by atoms with van der Waals surface area (Å²) in [6.07, 6.45) is 3.10. The summed E-state index contributed by atoms with van der Waals surface area (Å²) < 4.78 is 29.2.